The molecule has 0 saturated heterocycles. The molecule has 4 nitrogen and oxygen atoms in total. The van der Waals surface area contributed by atoms with Crippen molar-refractivity contribution in [1.29, 1.82) is 0 Å². The molecule has 0 bridgehead atoms. The zero-order valence-corrected chi connectivity index (χ0v) is 15.4. The number of hydrogen-bond acceptors (Lipinski definition) is 3. The molecule has 0 saturated carbocycles. The van der Waals surface area contributed by atoms with Crippen LogP contribution in [-0.2, 0) is 20.7 Å². The van der Waals surface area contributed by atoms with Gasteiger partial charge in [-0.1, -0.05) is 68.4 Å². The molecule has 0 unspecified atom stereocenters. The Hall–Kier alpha value is -2.88. The van der Waals surface area contributed by atoms with Crippen LogP contribution in [0.15, 0.2) is 60.7 Å². The van der Waals surface area contributed by atoms with E-state index in [0.717, 1.165) is 11.1 Å². The second-order valence-corrected chi connectivity index (χ2v) is 6.43. The number of esters is 1. The standard InChI is InChI=1S/C22H25NO3/c1-16(2)19-12-9-17(10-13-19)11-14-21(24)23-20(22(25)26-3)15-18-7-5-4-6-8-18/h4-14,16,20H,15H2,1-3H3,(H,23,24)/b14-11+/t20-/m0/s1. The fourth-order valence-electron chi connectivity index (χ4n) is 2.57. The third-order valence-electron chi connectivity index (χ3n) is 4.12. The molecule has 0 heterocycles. The third-order valence-corrected chi connectivity index (χ3v) is 4.12. The number of carbonyl (C=O) groups excluding carboxylic acids is 2. The van der Waals surface area contributed by atoms with E-state index >= 15 is 0 Å². The molecule has 0 spiro atoms. The number of ether oxygens (including phenoxy) is 1. The summed E-state index contributed by atoms with van der Waals surface area (Å²) in [4.78, 5) is 24.2. The van der Waals surface area contributed by atoms with Gasteiger partial charge in [-0.25, -0.2) is 4.79 Å². The average molecular weight is 351 g/mol. The Balaban J connectivity index is 2.00. The first kappa shape index (κ1) is 19.4. The fraction of sp³-hybridized carbons (Fsp3) is 0.273. The van der Waals surface area contributed by atoms with E-state index in [9.17, 15) is 9.59 Å². The molecule has 1 atom stereocenters. The summed E-state index contributed by atoms with van der Waals surface area (Å²) in [6, 6.07) is 16.8. The Morgan fingerprint density at radius 1 is 1.04 bits per heavy atom. The van der Waals surface area contributed by atoms with Crippen molar-refractivity contribution < 1.29 is 14.3 Å². The van der Waals surface area contributed by atoms with Crippen LogP contribution in [0.3, 0.4) is 0 Å². The number of amides is 1. The molecular formula is C22H25NO3. The molecule has 26 heavy (non-hydrogen) atoms. The summed E-state index contributed by atoms with van der Waals surface area (Å²) in [6.45, 7) is 4.27. The number of rotatable bonds is 7. The molecule has 136 valence electrons. The second-order valence-electron chi connectivity index (χ2n) is 6.43. The zero-order chi connectivity index (χ0) is 18.9. The van der Waals surface area contributed by atoms with Gasteiger partial charge in [0.1, 0.15) is 6.04 Å². The number of nitrogens with one attached hydrogen (secondary N) is 1. The summed E-state index contributed by atoms with van der Waals surface area (Å²) in [7, 11) is 1.32. The molecule has 1 N–H and O–H groups in total. The van der Waals surface area contributed by atoms with E-state index in [1.807, 2.05) is 42.5 Å². The van der Waals surface area contributed by atoms with Gasteiger partial charge in [0.15, 0.2) is 0 Å². The van der Waals surface area contributed by atoms with Gasteiger partial charge in [-0.3, -0.25) is 4.79 Å². The summed E-state index contributed by atoms with van der Waals surface area (Å²) in [5.74, 6) is -0.323. The lowest BCUT2D eigenvalue weighted by molar-refractivity contribution is -0.144. The maximum absolute atomic E-state index is 12.2. The minimum absolute atomic E-state index is 0.329. The monoisotopic (exact) mass is 351 g/mol. The highest BCUT2D eigenvalue weighted by atomic mass is 16.5. The maximum atomic E-state index is 12.2. The van der Waals surface area contributed by atoms with Crippen molar-refractivity contribution in [2.24, 2.45) is 0 Å². The second kappa shape index (κ2) is 9.56. The van der Waals surface area contributed by atoms with Crippen LogP contribution in [0.5, 0.6) is 0 Å². The van der Waals surface area contributed by atoms with Gasteiger partial charge in [-0.05, 0) is 28.7 Å². The molecule has 2 rings (SSSR count). The van der Waals surface area contributed by atoms with E-state index in [2.05, 4.69) is 31.3 Å². The third kappa shape index (κ3) is 5.88. The molecule has 0 aliphatic rings. The SMILES string of the molecule is COC(=O)[C@H](Cc1ccccc1)NC(=O)/C=C/c1ccc(C(C)C)cc1. The van der Waals surface area contributed by atoms with Gasteiger partial charge in [0.05, 0.1) is 7.11 Å². The minimum Gasteiger partial charge on any atom is -0.467 e. The molecule has 1 amide bonds. The molecule has 0 radical (unpaired) electrons. The number of carbonyl (C=O) groups is 2. The minimum atomic E-state index is -0.720. The van der Waals surface area contributed by atoms with Gasteiger partial charge in [0.2, 0.25) is 5.91 Å². The van der Waals surface area contributed by atoms with Crippen LogP contribution in [-0.4, -0.2) is 25.0 Å². The fourth-order valence-corrected chi connectivity index (χ4v) is 2.57. The summed E-state index contributed by atoms with van der Waals surface area (Å²) < 4.78 is 4.81. The van der Waals surface area contributed by atoms with Crippen LogP contribution in [0.4, 0.5) is 0 Å². The summed E-state index contributed by atoms with van der Waals surface area (Å²) in [6.07, 6.45) is 3.55. The van der Waals surface area contributed by atoms with E-state index in [4.69, 9.17) is 4.74 Å². The van der Waals surface area contributed by atoms with E-state index in [-0.39, 0.29) is 5.91 Å². The highest BCUT2D eigenvalue weighted by Gasteiger charge is 2.20. The van der Waals surface area contributed by atoms with Crippen molar-refractivity contribution in [3.63, 3.8) is 0 Å². The largest absolute Gasteiger partial charge is 0.467 e. The highest BCUT2D eigenvalue weighted by Crippen LogP contribution is 2.15. The van der Waals surface area contributed by atoms with Crippen molar-refractivity contribution in [1.82, 2.24) is 5.32 Å². The Morgan fingerprint density at radius 2 is 1.69 bits per heavy atom. The van der Waals surface area contributed by atoms with E-state index in [0.29, 0.717) is 12.3 Å². The first-order chi connectivity index (χ1) is 12.5. The summed E-state index contributed by atoms with van der Waals surface area (Å²) in [5.41, 5.74) is 3.14. The zero-order valence-electron chi connectivity index (χ0n) is 15.4. The van der Waals surface area contributed by atoms with Crippen LogP contribution >= 0.6 is 0 Å². The van der Waals surface area contributed by atoms with Crippen LogP contribution in [0, 0.1) is 0 Å². The molecule has 4 heteroatoms. The van der Waals surface area contributed by atoms with E-state index in [1.54, 1.807) is 6.08 Å². The van der Waals surface area contributed by atoms with Gasteiger partial charge >= 0.3 is 5.97 Å². The number of methoxy groups -OCH3 is 1. The van der Waals surface area contributed by atoms with Gasteiger partial charge in [-0.15, -0.1) is 0 Å². The lowest BCUT2D eigenvalue weighted by atomic mass is 10.0. The first-order valence-electron chi connectivity index (χ1n) is 8.70. The smallest absolute Gasteiger partial charge is 0.328 e. The summed E-state index contributed by atoms with van der Waals surface area (Å²) >= 11 is 0. The average Bonchev–Trinajstić information content (AvgIpc) is 2.66. The molecule has 0 aromatic heterocycles. The van der Waals surface area contributed by atoms with E-state index in [1.165, 1.54) is 18.7 Å². The molecule has 0 fully saturated rings. The van der Waals surface area contributed by atoms with Gasteiger partial charge < -0.3 is 10.1 Å². The van der Waals surface area contributed by atoms with Crippen molar-refractivity contribution in [3.8, 4) is 0 Å². The van der Waals surface area contributed by atoms with Gasteiger partial charge in [-0.2, -0.15) is 0 Å². The van der Waals surface area contributed by atoms with Crippen LogP contribution < -0.4 is 5.32 Å². The topological polar surface area (TPSA) is 55.4 Å². The summed E-state index contributed by atoms with van der Waals surface area (Å²) in [5, 5.41) is 2.72. The van der Waals surface area contributed by atoms with E-state index < -0.39 is 12.0 Å². The van der Waals surface area contributed by atoms with Gasteiger partial charge in [0.25, 0.3) is 0 Å². The Labute approximate surface area is 154 Å². The first-order valence-corrected chi connectivity index (χ1v) is 8.70. The van der Waals surface area contributed by atoms with Crippen LogP contribution in [0.2, 0.25) is 0 Å². The Morgan fingerprint density at radius 3 is 2.27 bits per heavy atom. The number of benzene rings is 2. The van der Waals surface area contributed by atoms with Crippen LogP contribution in [0.1, 0.15) is 36.5 Å². The lowest BCUT2D eigenvalue weighted by Gasteiger charge is -2.15. The van der Waals surface area contributed by atoms with Crippen molar-refractivity contribution >= 4 is 18.0 Å². The predicted molar refractivity (Wildman–Crippen MR) is 104 cm³/mol. The quantitative estimate of drug-likeness (QED) is 0.611. The highest BCUT2D eigenvalue weighted by molar-refractivity contribution is 5.94. The molecular weight excluding hydrogens is 326 g/mol. The Bertz CT molecular complexity index is 749. The normalized spacial score (nSPS) is 12.2. The lowest BCUT2D eigenvalue weighted by Crippen LogP contribution is -2.42. The molecule has 0 aliphatic heterocycles. The number of hydrogen-bond donors (Lipinski definition) is 1. The maximum Gasteiger partial charge on any atom is 0.328 e. The van der Waals surface area contributed by atoms with Crippen molar-refractivity contribution in [2.45, 2.75) is 32.2 Å². The molecule has 0 aliphatic carbocycles. The Kier molecular flexibility index (Phi) is 7.15. The van der Waals surface area contributed by atoms with Crippen molar-refractivity contribution in [3.05, 3.63) is 77.4 Å². The molecule has 2 aromatic rings. The molecule has 2 aromatic carbocycles. The predicted octanol–water partition coefficient (Wildman–Crippen LogP) is 3.72. The van der Waals surface area contributed by atoms with Crippen molar-refractivity contribution in [2.75, 3.05) is 7.11 Å². The van der Waals surface area contributed by atoms with Gasteiger partial charge in [0, 0.05) is 12.5 Å². The van der Waals surface area contributed by atoms with Crippen LogP contribution in [0.25, 0.3) is 6.08 Å².